The molecule has 0 bridgehead atoms. The van der Waals surface area contributed by atoms with Crippen molar-refractivity contribution in [3.8, 4) is 11.8 Å². The molecule has 0 aliphatic carbocycles. The van der Waals surface area contributed by atoms with Gasteiger partial charge in [0, 0.05) is 51.0 Å². The van der Waals surface area contributed by atoms with Crippen LogP contribution in [0.15, 0.2) is 60.7 Å². The summed E-state index contributed by atoms with van der Waals surface area (Å²) in [4.78, 5) is 43.4. The van der Waals surface area contributed by atoms with E-state index in [1.807, 2.05) is 11.0 Å². The number of halogens is 3. The van der Waals surface area contributed by atoms with E-state index in [0.29, 0.717) is 48.0 Å². The van der Waals surface area contributed by atoms with Gasteiger partial charge in [-0.2, -0.15) is 18.4 Å². The molecule has 5 rings (SSSR count). The first kappa shape index (κ1) is 28.0. The molecule has 10 nitrogen and oxygen atoms in total. The summed E-state index contributed by atoms with van der Waals surface area (Å²) in [6, 6.07) is 13.3. The van der Waals surface area contributed by atoms with Crippen molar-refractivity contribution in [3.05, 3.63) is 77.4 Å². The number of likely N-dealkylation sites (tertiary alicyclic amines) is 1. The standard InChI is InChI=1S/C28H24F3N3O7/c29-28(30,31)20-3-1-2-19(16-20)22(38-21-6-4-18(17-32)5-7-21)10-13-33-14-11-27(12-15-33)25-34(26(37)40-27)41-24(36)9-8-23(35)39-25/h1-9,16,22,25H,10-15H2/b9-8+/t22-,25?/m0/s1. The molecule has 3 aliphatic heterocycles. The number of esters is 1. The van der Waals surface area contributed by atoms with Crippen LogP contribution in [0.1, 0.15) is 42.1 Å². The van der Waals surface area contributed by atoms with E-state index in [-0.39, 0.29) is 12.8 Å². The number of alkyl halides is 3. The van der Waals surface area contributed by atoms with Gasteiger partial charge in [-0.1, -0.05) is 17.2 Å². The quantitative estimate of drug-likeness (QED) is 0.469. The van der Waals surface area contributed by atoms with Crippen molar-refractivity contribution < 1.29 is 46.6 Å². The first-order chi connectivity index (χ1) is 19.6. The highest BCUT2D eigenvalue weighted by molar-refractivity contribution is 5.93. The van der Waals surface area contributed by atoms with Crippen molar-refractivity contribution in [2.75, 3.05) is 19.6 Å². The van der Waals surface area contributed by atoms with Gasteiger partial charge in [0.25, 0.3) is 6.23 Å². The fourth-order valence-electron chi connectivity index (χ4n) is 5.02. The van der Waals surface area contributed by atoms with Crippen LogP contribution >= 0.6 is 0 Å². The zero-order valence-corrected chi connectivity index (χ0v) is 21.5. The van der Waals surface area contributed by atoms with Crippen LogP contribution in [0.3, 0.4) is 0 Å². The van der Waals surface area contributed by atoms with Gasteiger partial charge in [-0.25, -0.2) is 14.4 Å². The van der Waals surface area contributed by atoms with Crippen molar-refractivity contribution in [1.29, 1.82) is 5.26 Å². The zero-order chi connectivity index (χ0) is 29.2. The summed E-state index contributed by atoms with van der Waals surface area (Å²) in [6.07, 6.45) is -4.88. The second-order valence-corrected chi connectivity index (χ2v) is 9.79. The maximum absolute atomic E-state index is 13.4. The van der Waals surface area contributed by atoms with Crippen molar-refractivity contribution in [2.45, 2.75) is 43.4 Å². The summed E-state index contributed by atoms with van der Waals surface area (Å²) in [5.74, 6) is -1.33. The van der Waals surface area contributed by atoms with E-state index in [9.17, 15) is 27.6 Å². The lowest BCUT2D eigenvalue weighted by Gasteiger charge is -2.40. The minimum absolute atomic E-state index is 0.249. The molecule has 0 saturated carbocycles. The number of carbonyl (C=O) groups is 3. The van der Waals surface area contributed by atoms with Crippen LogP contribution < -0.4 is 4.74 Å². The average Bonchev–Trinajstić information content (AvgIpc) is 3.18. The molecule has 0 radical (unpaired) electrons. The SMILES string of the molecule is N#Cc1ccc(O[C@@H](CCN2CCC3(CC2)OC(=O)N2OC(=O)/C=C/C(=O)OC23)c2cccc(C(F)(F)F)c2)cc1. The fourth-order valence-corrected chi connectivity index (χ4v) is 5.02. The van der Waals surface area contributed by atoms with Crippen LogP contribution in [0.25, 0.3) is 0 Å². The van der Waals surface area contributed by atoms with Gasteiger partial charge in [-0.05, 0) is 42.0 Å². The van der Waals surface area contributed by atoms with E-state index in [1.165, 1.54) is 6.07 Å². The average molecular weight is 572 g/mol. The summed E-state index contributed by atoms with van der Waals surface area (Å²) in [7, 11) is 0. The summed E-state index contributed by atoms with van der Waals surface area (Å²) in [6.45, 7) is 1.21. The Morgan fingerprint density at radius 2 is 1.76 bits per heavy atom. The van der Waals surface area contributed by atoms with Crippen LogP contribution in [0.4, 0.5) is 18.0 Å². The number of hydroxylamine groups is 2. The topological polar surface area (TPSA) is 118 Å². The monoisotopic (exact) mass is 571 g/mol. The Bertz CT molecular complexity index is 1400. The minimum Gasteiger partial charge on any atom is -0.486 e. The maximum atomic E-state index is 13.4. The van der Waals surface area contributed by atoms with Crippen molar-refractivity contribution in [2.24, 2.45) is 0 Å². The van der Waals surface area contributed by atoms with Gasteiger partial charge in [-0.15, -0.1) is 0 Å². The molecule has 214 valence electrons. The second kappa shape index (κ2) is 11.1. The number of ether oxygens (including phenoxy) is 3. The number of hydrogen-bond acceptors (Lipinski definition) is 9. The highest BCUT2D eigenvalue weighted by atomic mass is 19.4. The third-order valence-corrected chi connectivity index (χ3v) is 7.16. The van der Waals surface area contributed by atoms with Crippen LogP contribution in [0.2, 0.25) is 0 Å². The molecule has 2 fully saturated rings. The van der Waals surface area contributed by atoms with Crippen molar-refractivity contribution in [3.63, 3.8) is 0 Å². The Morgan fingerprint density at radius 3 is 2.44 bits per heavy atom. The van der Waals surface area contributed by atoms with E-state index in [4.69, 9.17) is 24.3 Å². The van der Waals surface area contributed by atoms with Crippen molar-refractivity contribution >= 4 is 18.0 Å². The zero-order valence-electron chi connectivity index (χ0n) is 21.5. The fraction of sp³-hybridized carbons (Fsp3) is 0.357. The smallest absolute Gasteiger partial charge is 0.447 e. The number of nitrogens with zero attached hydrogens (tertiary/aromatic N) is 3. The number of hydrogen-bond donors (Lipinski definition) is 0. The predicted molar refractivity (Wildman–Crippen MR) is 132 cm³/mol. The lowest BCUT2D eigenvalue weighted by molar-refractivity contribution is -0.222. The third-order valence-electron chi connectivity index (χ3n) is 7.16. The Hall–Kier alpha value is -4.57. The highest BCUT2D eigenvalue weighted by Gasteiger charge is 2.59. The number of carbonyl (C=O) groups excluding carboxylic acids is 3. The number of fused-ring (bicyclic) bond motifs is 2. The molecular formula is C28H24F3N3O7. The summed E-state index contributed by atoms with van der Waals surface area (Å²) >= 11 is 0. The largest absolute Gasteiger partial charge is 0.486 e. The van der Waals surface area contributed by atoms with E-state index >= 15 is 0 Å². The van der Waals surface area contributed by atoms with E-state index < -0.39 is 47.7 Å². The molecule has 3 aliphatic rings. The molecule has 3 heterocycles. The van der Waals surface area contributed by atoms with Crippen LogP contribution in [-0.4, -0.2) is 59.5 Å². The van der Waals surface area contributed by atoms with Gasteiger partial charge in [0.1, 0.15) is 11.9 Å². The Labute approximate surface area is 232 Å². The molecule has 13 heteroatoms. The number of piperidine rings is 1. The summed E-state index contributed by atoms with van der Waals surface area (Å²) < 4.78 is 57.3. The summed E-state index contributed by atoms with van der Waals surface area (Å²) in [5.41, 5.74) is -1.26. The summed E-state index contributed by atoms with van der Waals surface area (Å²) in [5, 5.41) is 9.68. The van der Waals surface area contributed by atoms with Crippen LogP contribution in [0.5, 0.6) is 5.75 Å². The van der Waals surface area contributed by atoms with Crippen LogP contribution in [-0.2, 0) is 30.1 Å². The molecule has 2 saturated heterocycles. The van der Waals surface area contributed by atoms with Gasteiger partial charge in [0.15, 0.2) is 5.60 Å². The first-order valence-electron chi connectivity index (χ1n) is 12.8. The van der Waals surface area contributed by atoms with Crippen LogP contribution in [0, 0.1) is 11.3 Å². The molecule has 2 aromatic carbocycles. The molecule has 2 atom stereocenters. The van der Waals surface area contributed by atoms with Gasteiger partial charge < -0.3 is 23.9 Å². The lowest BCUT2D eigenvalue weighted by atomic mass is 9.89. The molecular weight excluding hydrogens is 547 g/mol. The highest BCUT2D eigenvalue weighted by Crippen LogP contribution is 2.40. The predicted octanol–water partition coefficient (Wildman–Crippen LogP) is 4.27. The normalized spacial score (nSPS) is 22.0. The molecule has 1 spiro atoms. The van der Waals surface area contributed by atoms with E-state index in [1.54, 1.807) is 30.3 Å². The number of benzene rings is 2. The molecule has 2 aromatic rings. The number of amides is 1. The van der Waals surface area contributed by atoms with E-state index in [2.05, 4.69) is 0 Å². The first-order valence-corrected chi connectivity index (χ1v) is 12.8. The molecule has 41 heavy (non-hydrogen) atoms. The maximum Gasteiger partial charge on any atom is 0.447 e. The Kier molecular flexibility index (Phi) is 7.59. The Balaban J connectivity index is 1.28. The van der Waals surface area contributed by atoms with Gasteiger partial charge in [-0.3, -0.25) is 0 Å². The van der Waals surface area contributed by atoms with Crippen molar-refractivity contribution in [1.82, 2.24) is 9.96 Å². The third kappa shape index (κ3) is 6.12. The van der Waals surface area contributed by atoms with Gasteiger partial charge >= 0.3 is 24.2 Å². The molecule has 0 N–H and O–H groups in total. The lowest BCUT2D eigenvalue weighted by Crippen LogP contribution is -2.54. The molecule has 1 amide bonds. The van der Waals surface area contributed by atoms with E-state index in [0.717, 1.165) is 24.3 Å². The molecule has 0 aromatic heterocycles. The molecule has 1 unspecified atom stereocenters. The number of nitriles is 1. The number of rotatable bonds is 6. The van der Waals surface area contributed by atoms with Gasteiger partial charge in [0.2, 0.25) is 0 Å². The minimum atomic E-state index is -4.52. The second-order valence-electron chi connectivity index (χ2n) is 9.79. The Morgan fingerprint density at radius 1 is 1.05 bits per heavy atom. The van der Waals surface area contributed by atoms with Gasteiger partial charge in [0.05, 0.1) is 17.2 Å².